The summed E-state index contributed by atoms with van der Waals surface area (Å²) in [7, 11) is 0. The third-order valence-electron chi connectivity index (χ3n) is 6.76. The Bertz CT molecular complexity index is 1590. The van der Waals surface area contributed by atoms with Gasteiger partial charge in [-0.05, 0) is 41.5 Å². The van der Waals surface area contributed by atoms with Crippen molar-refractivity contribution in [3.05, 3.63) is 102 Å². The van der Waals surface area contributed by atoms with Gasteiger partial charge in [-0.25, -0.2) is 4.98 Å². The molecule has 5 aromatic rings. The van der Waals surface area contributed by atoms with Crippen LogP contribution in [0.3, 0.4) is 0 Å². The fourth-order valence-electron chi connectivity index (χ4n) is 4.80. The van der Waals surface area contributed by atoms with Crippen molar-refractivity contribution in [2.24, 2.45) is 0 Å². The SMILES string of the molecule is O=C(c1ccc(-c2ccccc2)cc1)N1Cc2[nH]cnc2CC1c1nc(-c2ccc3c(c2)OCO3)no1. The number of nitrogens with one attached hydrogen (secondary N) is 1. The van der Waals surface area contributed by atoms with E-state index in [4.69, 9.17) is 14.0 Å². The van der Waals surface area contributed by atoms with Crippen molar-refractivity contribution in [1.82, 2.24) is 25.0 Å². The fraction of sp³-hybridized carbons (Fsp3) is 0.143. The van der Waals surface area contributed by atoms with Crippen LogP contribution in [0.5, 0.6) is 11.5 Å². The average molecular weight is 492 g/mol. The Morgan fingerprint density at radius 2 is 1.70 bits per heavy atom. The molecule has 9 heteroatoms. The molecule has 0 saturated heterocycles. The first-order valence-corrected chi connectivity index (χ1v) is 11.9. The van der Waals surface area contributed by atoms with E-state index in [1.165, 1.54) is 0 Å². The van der Waals surface area contributed by atoms with Gasteiger partial charge in [0.25, 0.3) is 5.91 Å². The highest BCUT2D eigenvalue weighted by atomic mass is 16.7. The van der Waals surface area contributed by atoms with Gasteiger partial charge in [0.1, 0.15) is 6.04 Å². The van der Waals surface area contributed by atoms with E-state index < -0.39 is 6.04 Å². The first-order valence-electron chi connectivity index (χ1n) is 11.9. The maximum Gasteiger partial charge on any atom is 0.254 e. The van der Waals surface area contributed by atoms with Crippen molar-refractivity contribution in [3.63, 3.8) is 0 Å². The summed E-state index contributed by atoms with van der Waals surface area (Å²) in [6, 6.07) is 22.8. The Kier molecular flexibility index (Phi) is 4.99. The molecule has 0 saturated carbocycles. The molecule has 1 amide bonds. The summed E-state index contributed by atoms with van der Waals surface area (Å²) in [6.07, 6.45) is 2.12. The van der Waals surface area contributed by atoms with Gasteiger partial charge >= 0.3 is 0 Å². The number of hydrogen-bond acceptors (Lipinski definition) is 7. The maximum atomic E-state index is 13.7. The zero-order chi connectivity index (χ0) is 24.8. The number of H-pyrrole nitrogens is 1. The van der Waals surface area contributed by atoms with Gasteiger partial charge < -0.3 is 23.9 Å². The minimum absolute atomic E-state index is 0.118. The third kappa shape index (κ3) is 3.81. The monoisotopic (exact) mass is 491 g/mol. The lowest BCUT2D eigenvalue weighted by Gasteiger charge is -2.32. The van der Waals surface area contributed by atoms with Gasteiger partial charge in [-0.2, -0.15) is 4.98 Å². The van der Waals surface area contributed by atoms with E-state index in [1.807, 2.05) is 72.8 Å². The van der Waals surface area contributed by atoms with Gasteiger partial charge in [0.2, 0.25) is 18.5 Å². The van der Waals surface area contributed by atoms with Crippen molar-refractivity contribution >= 4 is 5.91 Å². The number of aromatic amines is 1. The smallest absolute Gasteiger partial charge is 0.254 e. The normalized spacial score (nSPS) is 16.0. The average Bonchev–Trinajstić information content (AvgIpc) is 3.72. The number of carbonyl (C=O) groups is 1. The number of ether oxygens (including phenoxy) is 2. The summed E-state index contributed by atoms with van der Waals surface area (Å²) in [5.74, 6) is 1.98. The van der Waals surface area contributed by atoms with E-state index >= 15 is 0 Å². The van der Waals surface area contributed by atoms with Crippen LogP contribution in [0.2, 0.25) is 0 Å². The molecule has 4 heterocycles. The Hall–Kier alpha value is -4.92. The van der Waals surface area contributed by atoms with E-state index in [-0.39, 0.29) is 12.7 Å². The third-order valence-corrected chi connectivity index (χ3v) is 6.76. The molecule has 0 spiro atoms. The second-order valence-electron chi connectivity index (χ2n) is 8.95. The van der Waals surface area contributed by atoms with Crippen molar-refractivity contribution in [3.8, 4) is 34.0 Å². The van der Waals surface area contributed by atoms with Crippen LogP contribution in [0.1, 0.15) is 33.7 Å². The van der Waals surface area contributed by atoms with E-state index in [2.05, 4.69) is 20.1 Å². The molecule has 2 aromatic heterocycles. The van der Waals surface area contributed by atoms with Crippen molar-refractivity contribution < 1.29 is 18.8 Å². The topological polar surface area (TPSA) is 106 Å². The number of carbonyl (C=O) groups excluding carboxylic acids is 1. The first-order chi connectivity index (χ1) is 18.2. The van der Waals surface area contributed by atoms with Gasteiger partial charge in [-0.3, -0.25) is 4.79 Å². The van der Waals surface area contributed by atoms with Crippen LogP contribution in [-0.4, -0.2) is 37.7 Å². The number of rotatable bonds is 4. The molecule has 37 heavy (non-hydrogen) atoms. The molecule has 0 radical (unpaired) electrons. The molecule has 1 atom stereocenters. The minimum atomic E-state index is -0.452. The van der Waals surface area contributed by atoms with Gasteiger partial charge in [-0.1, -0.05) is 47.6 Å². The van der Waals surface area contributed by atoms with E-state index in [0.717, 1.165) is 28.1 Å². The van der Waals surface area contributed by atoms with Crippen molar-refractivity contribution in [2.45, 2.75) is 19.0 Å². The van der Waals surface area contributed by atoms with E-state index in [9.17, 15) is 4.79 Å². The molecule has 9 nitrogen and oxygen atoms in total. The van der Waals surface area contributed by atoms with Crippen LogP contribution in [0, 0.1) is 0 Å². The number of aromatic nitrogens is 4. The van der Waals surface area contributed by atoms with Gasteiger partial charge in [-0.15, -0.1) is 0 Å². The van der Waals surface area contributed by atoms with E-state index in [1.54, 1.807) is 11.2 Å². The molecule has 1 N–H and O–H groups in total. The molecule has 3 aromatic carbocycles. The summed E-state index contributed by atoms with van der Waals surface area (Å²) in [5.41, 5.74) is 5.26. The standard InChI is InChI=1S/C28H21N5O4/c34-28(19-8-6-18(7-9-19)17-4-2-1-3-5-17)33-14-22-21(29-15-30-22)13-23(33)27-31-26(32-37-27)20-10-11-24-25(12-20)36-16-35-24/h1-12,15,23H,13-14,16H2,(H,29,30). The second-order valence-corrected chi connectivity index (χ2v) is 8.95. The minimum Gasteiger partial charge on any atom is -0.454 e. The Balaban J connectivity index is 1.20. The number of hydrogen-bond donors (Lipinski definition) is 1. The predicted octanol–water partition coefficient (Wildman–Crippen LogP) is 4.80. The van der Waals surface area contributed by atoms with Crippen LogP contribution in [0.25, 0.3) is 22.5 Å². The second kappa shape index (κ2) is 8.63. The highest BCUT2D eigenvalue weighted by Gasteiger charge is 2.36. The molecule has 0 bridgehead atoms. The first kappa shape index (κ1) is 21.4. The van der Waals surface area contributed by atoms with E-state index in [0.29, 0.717) is 41.7 Å². The van der Waals surface area contributed by atoms with Gasteiger partial charge in [0.15, 0.2) is 11.5 Å². The molecule has 182 valence electrons. The van der Waals surface area contributed by atoms with Gasteiger partial charge in [0.05, 0.1) is 24.3 Å². The lowest BCUT2D eigenvalue weighted by Crippen LogP contribution is -2.39. The van der Waals surface area contributed by atoms with Crippen LogP contribution < -0.4 is 9.47 Å². The highest BCUT2D eigenvalue weighted by molar-refractivity contribution is 5.95. The molecule has 2 aliphatic heterocycles. The Labute approximate surface area is 211 Å². The number of nitrogens with zero attached hydrogens (tertiary/aromatic N) is 4. The molecule has 7 rings (SSSR count). The number of amides is 1. The van der Waals surface area contributed by atoms with Crippen LogP contribution >= 0.6 is 0 Å². The molecule has 0 aliphatic carbocycles. The highest BCUT2D eigenvalue weighted by Crippen LogP contribution is 2.37. The lowest BCUT2D eigenvalue weighted by molar-refractivity contribution is 0.0590. The molecule has 2 aliphatic rings. The quantitative estimate of drug-likeness (QED) is 0.385. The molecular formula is C28H21N5O4. The summed E-state index contributed by atoms with van der Waals surface area (Å²) in [5, 5.41) is 4.19. The van der Waals surface area contributed by atoms with Crippen molar-refractivity contribution in [1.29, 1.82) is 0 Å². The number of fused-ring (bicyclic) bond motifs is 2. The Morgan fingerprint density at radius 1 is 0.919 bits per heavy atom. The zero-order valence-electron chi connectivity index (χ0n) is 19.6. The van der Waals surface area contributed by atoms with Crippen LogP contribution in [-0.2, 0) is 13.0 Å². The predicted molar refractivity (Wildman–Crippen MR) is 133 cm³/mol. The van der Waals surface area contributed by atoms with Crippen molar-refractivity contribution in [2.75, 3.05) is 6.79 Å². The number of benzene rings is 3. The zero-order valence-corrected chi connectivity index (χ0v) is 19.6. The fourth-order valence-corrected chi connectivity index (χ4v) is 4.80. The summed E-state index contributed by atoms with van der Waals surface area (Å²) in [6.45, 7) is 0.550. The van der Waals surface area contributed by atoms with Crippen LogP contribution in [0.15, 0.2) is 83.6 Å². The molecule has 0 fully saturated rings. The summed E-state index contributed by atoms with van der Waals surface area (Å²) < 4.78 is 16.6. The van der Waals surface area contributed by atoms with Crippen LogP contribution in [0.4, 0.5) is 0 Å². The largest absolute Gasteiger partial charge is 0.454 e. The molecular weight excluding hydrogens is 470 g/mol. The Morgan fingerprint density at radius 3 is 2.57 bits per heavy atom. The lowest BCUT2D eigenvalue weighted by atomic mass is 9.99. The number of imidazole rings is 1. The van der Waals surface area contributed by atoms with Gasteiger partial charge in [0, 0.05) is 17.5 Å². The summed E-state index contributed by atoms with van der Waals surface area (Å²) >= 11 is 0. The summed E-state index contributed by atoms with van der Waals surface area (Å²) in [4.78, 5) is 27.7. The molecule has 1 unspecified atom stereocenters. The maximum absolute atomic E-state index is 13.7.